The number of hydrogen-bond donors (Lipinski definition) is 2. The Morgan fingerprint density at radius 2 is 1.57 bits per heavy atom. The number of ether oxygens (including phenoxy) is 2. The lowest BCUT2D eigenvalue weighted by Gasteiger charge is -2.33. The van der Waals surface area contributed by atoms with Gasteiger partial charge in [0.2, 0.25) is 5.91 Å². The third-order valence-corrected chi connectivity index (χ3v) is 8.43. The minimum atomic E-state index is -0.929. The van der Waals surface area contributed by atoms with Crippen molar-refractivity contribution in [2.45, 2.75) is 37.3 Å². The average Bonchev–Trinajstić information content (AvgIpc) is 3.11. The smallest absolute Gasteiger partial charge is 0.407 e. The summed E-state index contributed by atoms with van der Waals surface area (Å²) in [6.07, 6.45) is 2.01. The summed E-state index contributed by atoms with van der Waals surface area (Å²) in [6.45, 7) is 3.19. The van der Waals surface area contributed by atoms with Gasteiger partial charge >= 0.3 is 6.09 Å². The van der Waals surface area contributed by atoms with Crippen LogP contribution in [0.25, 0.3) is 0 Å². The second-order valence-electron chi connectivity index (χ2n) is 11.4. The largest absolute Gasteiger partial charge is 0.453 e. The Hall–Kier alpha value is -4.97. The first-order valence-corrected chi connectivity index (χ1v) is 15.7. The average molecular weight is 617 g/mol. The fraction of sp³-hybridized carbons (Fsp3) is 0.289. The second kappa shape index (κ2) is 16.4. The minimum absolute atomic E-state index is 0.136. The maximum atomic E-state index is 14.1. The van der Waals surface area contributed by atoms with Crippen LogP contribution >= 0.6 is 0 Å². The van der Waals surface area contributed by atoms with E-state index in [1.165, 1.54) is 12.7 Å². The predicted octanol–water partition coefficient (Wildman–Crippen LogP) is 5.93. The molecule has 236 valence electrons. The van der Waals surface area contributed by atoms with Crippen LogP contribution in [0.2, 0.25) is 0 Å². The van der Waals surface area contributed by atoms with E-state index in [4.69, 9.17) is 14.7 Å². The van der Waals surface area contributed by atoms with Crippen LogP contribution in [0, 0.1) is 11.3 Å². The van der Waals surface area contributed by atoms with Crippen LogP contribution in [0.5, 0.6) is 0 Å². The number of para-hydroxylation sites is 1. The van der Waals surface area contributed by atoms with Crippen molar-refractivity contribution in [1.29, 1.82) is 5.26 Å². The van der Waals surface area contributed by atoms with Crippen molar-refractivity contribution in [3.05, 3.63) is 137 Å². The van der Waals surface area contributed by atoms with E-state index in [2.05, 4.69) is 21.6 Å². The molecule has 2 atom stereocenters. The number of nitrogens with zero attached hydrogens (tertiary/aromatic N) is 2. The van der Waals surface area contributed by atoms with Gasteiger partial charge in [-0.2, -0.15) is 5.26 Å². The van der Waals surface area contributed by atoms with Gasteiger partial charge in [-0.15, -0.1) is 0 Å². The van der Waals surface area contributed by atoms with Gasteiger partial charge in [0.15, 0.2) is 0 Å². The van der Waals surface area contributed by atoms with Crippen molar-refractivity contribution in [2.24, 2.45) is 0 Å². The Morgan fingerprint density at radius 1 is 0.913 bits per heavy atom. The number of rotatable bonds is 12. The summed E-state index contributed by atoms with van der Waals surface area (Å²) >= 11 is 0. The molecule has 8 heteroatoms. The van der Waals surface area contributed by atoms with Crippen molar-refractivity contribution < 1.29 is 19.1 Å². The van der Waals surface area contributed by atoms with Gasteiger partial charge < -0.3 is 20.1 Å². The second-order valence-corrected chi connectivity index (χ2v) is 11.4. The highest BCUT2D eigenvalue weighted by Crippen LogP contribution is 2.30. The SMILES string of the molecule is COC(=O)N[C@H](C(=O)Nc1ccccc1CCN1CCO[C@H](CCc2ccc(C#N)cc2)C1)C(c1ccccc1)c1ccccc1. The first-order valence-electron chi connectivity index (χ1n) is 15.7. The number of carbonyl (C=O) groups excluding carboxylic acids is 2. The zero-order valence-corrected chi connectivity index (χ0v) is 26.1. The van der Waals surface area contributed by atoms with Crippen LogP contribution in [0.15, 0.2) is 109 Å². The van der Waals surface area contributed by atoms with Gasteiger partial charge in [0, 0.05) is 31.2 Å². The van der Waals surface area contributed by atoms with E-state index in [-0.39, 0.29) is 12.0 Å². The quantitative estimate of drug-likeness (QED) is 0.205. The van der Waals surface area contributed by atoms with Crippen LogP contribution in [-0.4, -0.2) is 62.4 Å². The van der Waals surface area contributed by atoms with E-state index in [9.17, 15) is 9.59 Å². The van der Waals surface area contributed by atoms with E-state index in [1.54, 1.807) is 0 Å². The van der Waals surface area contributed by atoms with Gasteiger partial charge in [-0.3, -0.25) is 9.69 Å². The summed E-state index contributed by atoms with van der Waals surface area (Å²) in [6, 6.07) is 36.2. The number of nitrogens with one attached hydrogen (secondary N) is 2. The van der Waals surface area contributed by atoms with Crippen molar-refractivity contribution in [1.82, 2.24) is 10.2 Å². The predicted molar refractivity (Wildman–Crippen MR) is 178 cm³/mol. The molecule has 0 saturated carbocycles. The number of methoxy groups -OCH3 is 1. The first-order chi connectivity index (χ1) is 22.5. The molecule has 0 bridgehead atoms. The lowest BCUT2D eigenvalue weighted by Crippen LogP contribution is -2.48. The lowest BCUT2D eigenvalue weighted by molar-refractivity contribution is -0.118. The number of morpholine rings is 1. The molecule has 5 rings (SSSR count). The van der Waals surface area contributed by atoms with Crippen molar-refractivity contribution in [3.63, 3.8) is 0 Å². The van der Waals surface area contributed by atoms with Crippen LogP contribution in [0.4, 0.5) is 10.5 Å². The Kier molecular flexibility index (Phi) is 11.5. The zero-order valence-electron chi connectivity index (χ0n) is 26.1. The third-order valence-electron chi connectivity index (χ3n) is 8.43. The molecule has 0 aromatic heterocycles. The van der Waals surface area contributed by atoms with Crippen molar-refractivity contribution in [2.75, 3.05) is 38.7 Å². The standard InChI is InChI=1S/C38H40N4O4/c1-45-38(44)41-36(35(31-11-4-2-5-12-31)32-13-6-3-7-14-32)37(43)40-34-15-9-8-10-30(34)22-23-42-24-25-46-33(27-42)21-20-28-16-18-29(26-39)19-17-28/h2-19,33,35-36H,20-25,27H2,1H3,(H,40,43)(H,41,44)/t33-,36+/m1/s1. The van der Waals surface area contributed by atoms with Gasteiger partial charge in [0.05, 0.1) is 31.5 Å². The number of nitriles is 1. The Labute approximate surface area is 271 Å². The van der Waals surface area contributed by atoms with E-state index >= 15 is 0 Å². The van der Waals surface area contributed by atoms with Crippen molar-refractivity contribution >= 4 is 17.7 Å². The van der Waals surface area contributed by atoms with Gasteiger partial charge in [-0.1, -0.05) is 91.0 Å². The van der Waals surface area contributed by atoms with E-state index < -0.39 is 18.1 Å². The topological polar surface area (TPSA) is 104 Å². The number of aryl methyl sites for hydroxylation is 1. The molecule has 46 heavy (non-hydrogen) atoms. The fourth-order valence-electron chi connectivity index (χ4n) is 5.97. The Balaban J connectivity index is 1.26. The highest BCUT2D eigenvalue weighted by atomic mass is 16.5. The van der Waals surface area contributed by atoms with Crippen LogP contribution in [-0.2, 0) is 27.1 Å². The van der Waals surface area contributed by atoms with Crippen molar-refractivity contribution in [3.8, 4) is 6.07 Å². The number of carbonyl (C=O) groups is 2. The molecule has 4 aromatic rings. The molecular formula is C38H40N4O4. The normalized spacial score (nSPS) is 15.5. The molecule has 2 amide bonds. The molecule has 1 aliphatic heterocycles. The first kappa shape index (κ1) is 32.4. The van der Waals surface area contributed by atoms with Crippen LogP contribution in [0.1, 0.15) is 40.2 Å². The molecule has 8 nitrogen and oxygen atoms in total. The summed E-state index contributed by atoms with van der Waals surface area (Å²) in [5.41, 5.74) is 5.41. The number of anilines is 1. The summed E-state index contributed by atoms with van der Waals surface area (Å²) in [4.78, 5) is 29.0. The van der Waals surface area contributed by atoms with E-state index in [0.717, 1.165) is 61.3 Å². The molecular weight excluding hydrogens is 576 g/mol. The highest BCUT2D eigenvalue weighted by molar-refractivity contribution is 5.98. The lowest BCUT2D eigenvalue weighted by atomic mass is 9.84. The monoisotopic (exact) mass is 616 g/mol. The van der Waals surface area contributed by atoms with Gasteiger partial charge in [-0.05, 0) is 59.7 Å². The minimum Gasteiger partial charge on any atom is -0.453 e. The van der Waals surface area contributed by atoms with Gasteiger partial charge in [-0.25, -0.2) is 4.79 Å². The molecule has 0 unspecified atom stereocenters. The third kappa shape index (κ3) is 8.81. The molecule has 1 saturated heterocycles. The number of amides is 2. The molecule has 1 heterocycles. The molecule has 2 N–H and O–H groups in total. The number of benzene rings is 4. The Bertz CT molecular complexity index is 1570. The van der Waals surface area contributed by atoms with E-state index in [1.807, 2.05) is 109 Å². The highest BCUT2D eigenvalue weighted by Gasteiger charge is 2.33. The summed E-state index contributed by atoms with van der Waals surface area (Å²) in [5, 5.41) is 15.0. The molecule has 0 spiro atoms. The number of alkyl carbamates (subject to hydrolysis) is 1. The maximum Gasteiger partial charge on any atom is 0.407 e. The molecule has 4 aromatic carbocycles. The zero-order chi connectivity index (χ0) is 32.1. The van der Waals surface area contributed by atoms with Crippen LogP contribution in [0.3, 0.4) is 0 Å². The van der Waals surface area contributed by atoms with Gasteiger partial charge in [0.1, 0.15) is 6.04 Å². The number of hydrogen-bond acceptors (Lipinski definition) is 6. The maximum absolute atomic E-state index is 14.1. The molecule has 0 aliphatic carbocycles. The molecule has 0 radical (unpaired) electrons. The summed E-state index contributed by atoms with van der Waals surface area (Å²) in [7, 11) is 1.29. The van der Waals surface area contributed by atoms with Gasteiger partial charge in [0.25, 0.3) is 0 Å². The summed E-state index contributed by atoms with van der Waals surface area (Å²) in [5.74, 6) is -0.770. The van der Waals surface area contributed by atoms with E-state index in [0.29, 0.717) is 12.2 Å². The fourth-order valence-corrected chi connectivity index (χ4v) is 5.97. The van der Waals surface area contributed by atoms with Crippen LogP contribution < -0.4 is 10.6 Å². The molecule has 1 aliphatic rings. The molecule has 1 fully saturated rings. The summed E-state index contributed by atoms with van der Waals surface area (Å²) < 4.78 is 11.0. The Morgan fingerprint density at radius 3 is 2.22 bits per heavy atom.